The van der Waals surface area contributed by atoms with E-state index in [9.17, 15) is 18.0 Å². The molecular weight excluding hydrogens is 436 g/mol. The van der Waals surface area contributed by atoms with Crippen LogP contribution in [-0.4, -0.2) is 50.8 Å². The van der Waals surface area contributed by atoms with Crippen LogP contribution in [0.1, 0.15) is 32.3 Å². The number of halogens is 1. The smallest absolute Gasteiger partial charge is 0.310 e. The number of benzene rings is 1. The minimum absolute atomic E-state index is 0.111. The Morgan fingerprint density at radius 3 is 2.70 bits per heavy atom. The highest BCUT2D eigenvalue weighted by Crippen LogP contribution is 2.37. The third-order valence-corrected chi connectivity index (χ3v) is 7.85. The molecule has 148 valence electrons. The fourth-order valence-corrected chi connectivity index (χ4v) is 6.26. The van der Waals surface area contributed by atoms with E-state index in [1.165, 1.54) is 11.2 Å². The van der Waals surface area contributed by atoms with Crippen LogP contribution in [0.25, 0.3) is 0 Å². The van der Waals surface area contributed by atoms with Crippen LogP contribution in [-0.2, 0) is 30.8 Å². The quantitative estimate of drug-likeness (QED) is 0.646. The van der Waals surface area contributed by atoms with Crippen LogP contribution >= 0.6 is 15.9 Å². The maximum absolute atomic E-state index is 13.3. The number of carbonyl (C=O) groups excluding carboxylic acids is 2. The predicted molar refractivity (Wildman–Crippen MR) is 104 cm³/mol. The lowest BCUT2D eigenvalue weighted by Gasteiger charge is -2.31. The molecule has 3 rings (SSSR count). The van der Waals surface area contributed by atoms with Gasteiger partial charge in [0.05, 0.1) is 17.4 Å². The number of fused-ring (bicyclic) bond motifs is 1. The molecule has 2 aliphatic heterocycles. The zero-order valence-electron chi connectivity index (χ0n) is 15.4. The van der Waals surface area contributed by atoms with Gasteiger partial charge >= 0.3 is 5.97 Å². The highest BCUT2D eigenvalue weighted by atomic mass is 79.9. The van der Waals surface area contributed by atoms with Crippen LogP contribution in [0.4, 0.5) is 5.69 Å². The summed E-state index contributed by atoms with van der Waals surface area (Å²) in [6, 6.07) is 3.34. The maximum Gasteiger partial charge on any atom is 0.310 e. The van der Waals surface area contributed by atoms with Crippen LogP contribution < -0.4 is 4.90 Å². The van der Waals surface area contributed by atoms with Gasteiger partial charge in [0.25, 0.3) is 0 Å². The first-order valence-electron chi connectivity index (χ1n) is 9.03. The monoisotopic (exact) mass is 458 g/mol. The van der Waals surface area contributed by atoms with E-state index < -0.39 is 15.9 Å². The van der Waals surface area contributed by atoms with Gasteiger partial charge in [0.2, 0.25) is 15.9 Å². The standard InChI is InChI=1S/C18H23BrN2O5S/c1-3-26-18(23)14-5-4-7-20(11-14)27(24,25)17-10-16-13(9-15(17)19)6-8-21(16)12(2)22/h9-10,14H,3-8,11H2,1-2H3/t14-/m1/s1. The molecule has 0 aromatic heterocycles. The first-order valence-corrected chi connectivity index (χ1v) is 11.3. The van der Waals surface area contributed by atoms with E-state index in [0.717, 1.165) is 5.56 Å². The molecule has 1 aromatic carbocycles. The van der Waals surface area contributed by atoms with Gasteiger partial charge in [0.1, 0.15) is 0 Å². The van der Waals surface area contributed by atoms with Crippen LogP contribution in [0.3, 0.4) is 0 Å². The van der Waals surface area contributed by atoms with Gasteiger partial charge < -0.3 is 9.64 Å². The zero-order valence-corrected chi connectivity index (χ0v) is 17.8. The summed E-state index contributed by atoms with van der Waals surface area (Å²) in [5, 5.41) is 0. The van der Waals surface area contributed by atoms with Crippen molar-refractivity contribution in [2.24, 2.45) is 5.92 Å². The minimum Gasteiger partial charge on any atom is -0.466 e. The molecule has 1 amide bonds. The van der Waals surface area contributed by atoms with Crippen LogP contribution in [0.5, 0.6) is 0 Å². The van der Waals surface area contributed by atoms with Gasteiger partial charge in [-0.05, 0) is 59.8 Å². The summed E-state index contributed by atoms with van der Waals surface area (Å²) in [5.41, 5.74) is 1.59. The summed E-state index contributed by atoms with van der Waals surface area (Å²) in [6.07, 6.45) is 1.92. The Kier molecular flexibility index (Phi) is 5.93. The minimum atomic E-state index is -3.80. The molecule has 1 aromatic rings. The van der Waals surface area contributed by atoms with Crippen molar-refractivity contribution < 1.29 is 22.7 Å². The molecule has 2 heterocycles. The summed E-state index contributed by atoms with van der Waals surface area (Å²) < 4.78 is 33.4. The lowest BCUT2D eigenvalue weighted by atomic mass is 10.0. The number of hydrogen-bond acceptors (Lipinski definition) is 5. The second-order valence-electron chi connectivity index (χ2n) is 6.79. The number of piperidine rings is 1. The number of amides is 1. The van der Waals surface area contributed by atoms with Gasteiger partial charge in [-0.1, -0.05) is 0 Å². The lowest BCUT2D eigenvalue weighted by molar-refractivity contribution is -0.149. The SMILES string of the molecule is CCOC(=O)[C@@H]1CCCN(S(=O)(=O)c2cc3c(cc2Br)CCN3C(C)=O)C1. The highest BCUT2D eigenvalue weighted by Gasteiger charge is 2.36. The molecular formula is C18H23BrN2O5S. The van der Waals surface area contributed by atoms with Gasteiger partial charge in [-0.3, -0.25) is 9.59 Å². The summed E-state index contributed by atoms with van der Waals surface area (Å²) in [7, 11) is -3.80. The molecule has 0 saturated carbocycles. The van der Waals surface area contributed by atoms with Crippen LogP contribution in [0.15, 0.2) is 21.5 Å². The Morgan fingerprint density at radius 1 is 1.30 bits per heavy atom. The Bertz CT molecular complexity index is 871. The van der Waals surface area contributed by atoms with Crippen molar-refractivity contribution in [2.45, 2.75) is 38.0 Å². The number of ether oxygens (including phenoxy) is 1. The molecule has 9 heteroatoms. The third kappa shape index (κ3) is 3.90. The topological polar surface area (TPSA) is 84.0 Å². The second kappa shape index (κ2) is 7.89. The summed E-state index contributed by atoms with van der Waals surface area (Å²) in [6.45, 7) is 4.51. The first-order chi connectivity index (χ1) is 12.8. The fraction of sp³-hybridized carbons (Fsp3) is 0.556. The van der Waals surface area contributed by atoms with E-state index in [4.69, 9.17) is 4.74 Å². The van der Waals surface area contributed by atoms with Gasteiger partial charge in [0.15, 0.2) is 0 Å². The van der Waals surface area contributed by atoms with Gasteiger partial charge in [0, 0.05) is 36.7 Å². The van der Waals surface area contributed by atoms with E-state index in [1.807, 2.05) is 0 Å². The van der Waals surface area contributed by atoms with Crippen molar-refractivity contribution in [3.63, 3.8) is 0 Å². The van der Waals surface area contributed by atoms with Gasteiger partial charge in [-0.15, -0.1) is 0 Å². The van der Waals surface area contributed by atoms with E-state index in [2.05, 4.69) is 15.9 Å². The number of sulfonamides is 1. The van der Waals surface area contributed by atoms with Crippen LogP contribution in [0, 0.1) is 5.92 Å². The van der Waals surface area contributed by atoms with E-state index in [-0.39, 0.29) is 29.9 Å². The number of rotatable bonds is 4. The Balaban J connectivity index is 1.92. The molecule has 1 fully saturated rings. The van der Waals surface area contributed by atoms with Crippen molar-refractivity contribution in [2.75, 3.05) is 31.1 Å². The maximum atomic E-state index is 13.3. The normalized spacial score (nSPS) is 20.4. The lowest BCUT2D eigenvalue weighted by Crippen LogP contribution is -2.42. The van der Waals surface area contributed by atoms with E-state index in [0.29, 0.717) is 42.5 Å². The van der Waals surface area contributed by atoms with Crippen molar-refractivity contribution in [3.05, 3.63) is 22.2 Å². The molecule has 0 aliphatic carbocycles. The molecule has 2 aliphatic rings. The second-order valence-corrected chi connectivity index (χ2v) is 9.55. The zero-order chi connectivity index (χ0) is 19.8. The molecule has 1 atom stereocenters. The van der Waals surface area contributed by atoms with Crippen molar-refractivity contribution in [3.8, 4) is 0 Å². The molecule has 0 N–H and O–H groups in total. The molecule has 7 nitrogen and oxygen atoms in total. The summed E-state index contributed by atoms with van der Waals surface area (Å²) in [4.78, 5) is 25.6. The third-order valence-electron chi connectivity index (χ3n) is 5.03. The predicted octanol–water partition coefficient (Wildman–Crippen LogP) is 2.32. The number of carbonyl (C=O) groups is 2. The van der Waals surface area contributed by atoms with Crippen molar-refractivity contribution >= 4 is 43.5 Å². The molecule has 27 heavy (non-hydrogen) atoms. The fourth-order valence-electron chi connectivity index (χ4n) is 3.67. The Labute approximate surface area is 167 Å². The highest BCUT2D eigenvalue weighted by molar-refractivity contribution is 9.10. The number of nitrogens with zero attached hydrogens (tertiary/aromatic N) is 2. The Morgan fingerprint density at radius 2 is 2.04 bits per heavy atom. The molecule has 1 saturated heterocycles. The average molecular weight is 459 g/mol. The van der Waals surface area contributed by atoms with Crippen molar-refractivity contribution in [1.82, 2.24) is 4.31 Å². The summed E-state index contributed by atoms with van der Waals surface area (Å²) >= 11 is 3.38. The summed E-state index contributed by atoms with van der Waals surface area (Å²) in [5.74, 6) is -0.914. The molecule has 0 unspecified atom stereocenters. The van der Waals surface area contributed by atoms with Crippen molar-refractivity contribution in [1.29, 1.82) is 0 Å². The van der Waals surface area contributed by atoms with Gasteiger partial charge in [-0.25, -0.2) is 8.42 Å². The largest absolute Gasteiger partial charge is 0.466 e. The molecule has 0 radical (unpaired) electrons. The van der Waals surface area contributed by atoms with E-state index in [1.54, 1.807) is 24.0 Å². The van der Waals surface area contributed by atoms with E-state index >= 15 is 0 Å². The number of esters is 1. The number of anilines is 1. The first kappa shape index (κ1) is 20.3. The van der Waals surface area contributed by atoms with Gasteiger partial charge in [-0.2, -0.15) is 4.31 Å². The molecule has 0 bridgehead atoms. The average Bonchev–Trinajstić information content (AvgIpc) is 3.04. The Hall–Kier alpha value is -1.45. The number of hydrogen-bond donors (Lipinski definition) is 0. The van der Waals surface area contributed by atoms with Crippen LogP contribution in [0.2, 0.25) is 0 Å². The molecule has 0 spiro atoms.